The Labute approximate surface area is 79.7 Å². The summed E-state index contributed by atoms with van der Waals surface area (Å²) in [5.41, 5.74) is -0.00639. The summed E-state index contributed by atoms with van der Waals surface area (Å²) in [5, 5.41) is 3.87. The maximum absolute atomic E-state index is 4.97. The molecule has 11 heavy (non-hydrogen) atoms. The SMILES string of the molecule is CC(C)(C)c1noc(CI)n1. The minimum atomic E-state index is -0.00639. The molecule has 1 heterocycles. The lowest BCUT2D eigenvalue weighted by atomic mass is 9.96. The molecule has 0 aliphatic rings. The zero-order valence-electron chi connectivity index (χ0n) is 6.89. The molecule has 0 spiro atoms. The van der Waals surface area contributed by atoms with E-state index in [0.29, 0.717) is 5.89 Å². The lowest BCUT2D eigenvalue weighted by molar-refractivity contribution is 0.374. The number of aromatic nitrogens is 2. The zero-order chi connectivity index (χ0) is 8.48. The molecular formula is C7H11IN2O. The van der Waals surface area contributed by atoms with Crippen molar-refractivity contribution in [3.8, 4) is 0 Å². The van der Waals surface area contributed by atoms with Crippen molar-refractivity contribution in [2.75, 3.05) is 0 Å². The molecule has 0 saturated heterocycles. The van der Waals surface area contributed by atoms with Crippen LogP contribution in [0.4, 0.5) is 0 Å². The molecule has 0 bridgehead atoms. The third kappa shape index (κ3) is 2.15. The summed E-state index contributed by atoms with van der Waals surface area (Å²) in [7, 11) is 0. The van der Waals surface area contributed by atoms with Crippen LogP contribution in [0.1, 0.15) is 32.5 Å². The van der Waals surface area contributed by atoms with E-state index in [4.69, 9.17) is 4.52 Å². The molecule has 0 fully saturated rings. The van der Waals surface area contributed by atoms with Gasteiger partial charge in [-0.15, -0.1) is 0 Å². The largest absolute Gasteiger partial charge is 0.338 e. The van der Waals surface area contributed by atoms with E-state index in [-0.39, 0.29) is 5.41 Å². The van der Waals surface area contributed by atoms with E-state index in [0.717, 1.165) is 10.3 Å². The second-order valence-electron chi connectivity index (χ2n) is 3.40. The Balaban J connectivity index is 2.89. The number of hydrogen-bond acceptors (Lipinski definition) is 3. The predicted octanol–water partition coefficient (Wildman–Crippen LogP) is 2.30. The van der Waals surface area contributed by atoms with Gasteiger partial charge in [0.1, 0.15) is 0 Å². The van der Waals surface area contributed by atoms with Crippen LogP contribution in [0.5, 0.6) is 0 Å². The van der Waals surface area contributed by atoms with Crippen molar-refractivity contribution in [1.82, 2.24) is 10.1 Å². The van der Waals surface area contributed by atoms with E-state index in [9.17, 15) is 0 Å². The molecule has 0 amide bonds. The molecule has 62 valence electrons. The molecule has 0 aliphatic carbocycles. The highest BCUT2D eigenvalue weighted by Crippen LogP contribution is 2.18. The Morgan fingerprint density at radius 1 is 1.45 bits per heavy atom. The van der Waals surface area contributed by atoms with Crippen molar-refractivity contribution in [2.45, 2.75) is 30.6 Å². The molecule has 0 aromatic carbocycles. The second kappa shape index (κ2) is 3.08. The van der Waals surface area contributed by atoms with Crippen LogP contribution in [0.2, 0.25) is 0 Å². The Morgan fingerprint density at radius 2 is 2.09 bits per heavy atom. The van der Waals surface area contributed by atoms with E-state index < -0.39 is 0 Å². The Hall–Kier alpha value is -0.130. The molecule has 1 aromatic rings. The van der Waals surface area contributed by atoms with Gasteiger partial charge >= 0.3 is 0 Å². The first-order valence-electron chi connectivity index (χ1n) is 3.43. The van der Waals surface area contributed by atoms with Crippen LogP contribution in [0.25, 0.3) is 0 Å². The van der Waals surface area contributed by atoms with E-state index >= 15 is 0 Å². The third-order valence-electron chi connectivity index (χ3n) is 1.25. The number of nitrogens with zero attached hydrogens (tertiary/aromatic N) is 2. The average Bonchev–Trinajstić information content (AvgIpc) is 2.32. The standard InChI is InChI=1S/C7H11IN2O/c1-7(2,3)6-9-5(4-8)11-10-6/h4H2,1-3H3. The van der Waals surface area contributed by atoms with Gasteiger partial charge in [-0.3, -0.25) is 0 Å². The molecule has 0 saturated carbocycles. The first kappa shape index (κ1) is 8.96. The molecular weight excluding hydrogens is 255 g/mol. The van der Waals surface area contributed by atoms with Gasteiger partial charge < -0.3 is 4.52 Å². The molecule has 0 aliphatic heterocycles. The van der Waals surface area contributed by atoms with Gasteiger partial charge in [0.2, 0.25) is 5.89 Å². The first-order valence-corrected chi connectivity index (χ1v) is 4.95. The smallest absolute Gasteiger partial charge is 0.236 e. The Bertz CT molecular complexity index is 239. The van der Waals surface area contributed by atoms with Gasteiger partial charge in [-0.25, -0.2) is 0 Å². The molecule has 1 rings (SSSR count). The number of rotatable bonds is 1. The fourth-order valence-electron chi connectivity index (χ4n) is 0.614. The normalized spacial score (nSPS) is 12.0. The maximum Gasteiger partial charge on any atom is 0.236 e. The fraction of sp³-hybridized carbons (Fsp3) is 0.714. The maximum atomic E-state index is 4.97. The van der Waals surface area contributed by atoms with Crippen molar-refractivity contribution >= 4 is 22.6 Å². The highest BCUT2D eigenvalue weighted by atomic mass is 127. The van der Waals surface area contributed by atoms with Gasteiger partial charge in [0.15, 0.2) is 5.82 Å². The van der Waals surface area contributed by atoms with Crippen LogP contribution < -0.4 is 0 Å². The number of alkyl halides is 1. The third-order valence-corrected chi connectivity index (χ3v) is 1.91. The van der Waals surface area contributed by atoms with Crippen molar-refractivity contribution < 1.29 is 4.52 Å². The topological polar surface area (TPSA) is 38.9 Å². The van der Waals surface area contributed by atoms with Gasteiger partial charge in [-0.1, -0.05) is 48.5 Å². The summed E-state index contributed by atoms with van der Waals surface area (Å²) in [5.74, 6) is 1.49. The molecule has 0 N–H and O–H groups in total. The molecule has 0 unspecified atom stereocenters. The molecule has 1 aromatic heterocycles. The van der Waals surface area contributed by atoms with Gasteiger partial charge in [0, 0.05) is 5.41 Å². The molecule has 0 radical (unpaired) electrons. The van der Waals surface area contributed by atoms with Crippen molar-refractivity contribution in [1.29, 1.82) is 0 Å². The lowest BCUT2D eigenvalue weighted by Gasteiger charge is -2.10. The fourth-order valence-corrected chi connectivity index (χ4v) is 0.924. The van der Waals surface area contributed by atoms with Crippen LogP contribution in [0.3, 0.4) is 0 Å². The second-order valence-corrected chi connectivity index (χ2v) is 4.16. The summed E-state index contributed by atoms with van der Waals surface area (Å²) in [6.07, 6.45) is 0. The van der Waals surface area contributed by atoms with Crippen LogP contribution in [-0.2, 0) is 9.84 Å². The monoisotopic (exact) mass is 266 g/mol. The number of hydrogen-bond donors (Lipinski definition) is 0. The predicted molar refractivity (Wildman–Crippen MR) is 50.7 cm³/mol. The summed E-state index contributed by atoms with van der Waals surface area (Å²) >= 11 is 2.20. The van der Waals surface area contributed by atoms with Crippen molar-refractivity contribution in [3.05, 3.63) is 11.7 Å². The van der Waals surface area contributed by atoms with Gasteiger partial charge in [0.25, 0.3) is 0 Å². The Morgan fingerprint density at radius 3 is 2.36 bits per heavy atom. The minimum absolute atomic E-state index is 0.00639. The van der Waals surface area contributed by atoms with Gasteiger partial charge in [-0.2, -0.15) is 4.98 Å². The molecule has 0 atom stereocenters. The summed E-state index contributed by atoms with van der Waals surface area (Å²) in [4.78, 5) is 4.21. The van der Waals surface area contributed by atoms with Gasteiger partial charge in [0.05, 0.1) is 4.43 Å². The van der Waals surface area contributed by atoms with E-state index in [1.165, 1.54) is 0 Å². The van der Waals surface area contributed by atoms with Crippen molar-refractivity contribution in [2.24, 2.45) is 0 Å². The first-order chi connectivity index (χ1) is 5.04. The quantitative estimate of drug-likeness (QED) is 0.578. The lowest BCUT2D eigenvalue weighted by Crippen LogP contribution is -2.13. The van der Waals surface area contributed by atoms with Crippen LogP contribution >= 0.6 is 22.6 Å². The van der Waals surface area contributed by atoms with Crippen LogP contribution in [0.15, 0.2) is 4.52 Å². The van der Waals surface area contributed by atoms with Crippen LogP contribution in [0, 0.1) is 0 Å². The molecule has 4 heteroatoms. The van der Waals surface area contributed by atoms with Gasteiger partial charge in [-0.05, 0) is 0 Å². The highest BCUT2D eigenvalue weighted by Gasteiger charge is 2.20. The van der Waals surface area contributed by atoms with E-state index in [1.54, 1.807) is 0 Å². The van der Waals surface area contributed by atoms with Crippen molar-refractivity contribution in [3.63, 3.8) is 0 Å². The summed E-state index contributed by atoms with van der Waals surface area (Å²) < 4.78 is 5.75. The van der Waals surface area contributed by atoms with E-state index in [2.05, 4.69) is 53.5 Å². The zero-order valence-corrected chi connectivity index (χ0v) is 9.05. The summed E-state index contributed by atoms with van der Waals surface area (Å²) in [6, 6.07) is 0. The Kier molecular flexibility index (Phi) is 2.51. The summed E-state index contributed by atoms with van der Waals surface area (Å²) in [6.45, 7) is 6.19. The minimum Gasteiger partial charge on any atom is -0.338 e. The van der Waals surface area contributed by atoms with Crippen LogP contribution in [-0.4, -0.2) is 10.1 Å². The number of halogens is 1. The average molecular weight is 266 g/mol. The van der Waals surface area contributed by atoms with E-state index in [1.807, 2.05) is 0 Å². The molecule has 3 nitrogen and oxygen atoms in total. The highest BCUT2D eigenvalue weighted by molar-refractivity contribution is 14.1.